The number of carbonyl (C=O) groups excluding carboxylic acids is 1. The van der Waals surface area contributed by atoms with Gasteiger partial charge in [-0.1, -0.05) is 51.5 Å². The van der Waals surface area contributed by atoms with Gasteiger partial charge >= 0.3 is 12.1 Å². The van der Waals surface area contributed by atoms with Crippen LogP contribution in [0.4, 0.5) is 24.8 Å². The third kappa shape index (κ3) is 6.37. The molecule has 1 aliphatic rings. The summed E-state index contributed by atoms with van der Waals surface area (Å²) >= 11 is 0. The van der Waals surface area contributed by atoms with E-state index >= 15 is 0 Å². The van der Waals surface area contributed by atoms with Gasteiger partial charge < -0.3 is 14.5 Å². The van der Waals surface area contributed by atoms with Crippen molar-refractivity contribution in [1.82, 2.24) is 15.2 Å². The quantitative estimate of drug-likeness (QED) is 0.230. The maximum atomic E-state index is 13.8. The summed E-state index contributed by atoms with van der Waals surface area (Å²) < 4.78 is 46.5. The molecule has 40 heavy (non-hydrogen) atoms. The number of unbranched alkanes of at least 4 members (excludes halogenated alkanes) is 1. The highest BCUT2D eigenvalue weighted by atomic mass is 19.4. The number of pyridine rings is 1. The van der Waals surface area contributed by atoms with E-state index in [0.717, 1.165) is 46.9 Å². The summed E-state index contributed by atoms with van der Waals surface area (Å²) in [7, 11) is 0. The lowest BCUT2D eigenvalue weighted by atomic mass is 9.98. The van der Waals surface area contributed by atoms with Crippen LogP contribution in [-0.4, -0.2) is 53.9 Å². The molecule has 3 heterocycles. The number of carbonyl (C=O) groups is 1. The number of rotatable bonds is 8. The van der Waals surface area contributed by atoms with Gasteiger partial charge in [-0.15, -0.1) is 10.2 Å². The molecule has 0 N–H and O–H groups in total. The van der Waals surface area contributed by atoms with Crippen LogP contribution in [0.25, 0.3) is 11.3 Å². The van der Waals surface area contributed by atoms with Gasteiger partial charge in [-0.05, 0) is 48.9 Å². The van der Waals surface area contributed by atoms with Crippen LogP contribution >= 0.6 is 0 Å². The fraction of sp³-hybridized carbons (Fsp3) is 0.467. The van der Waals surface area contributed by atoms with Crippen molar-refractivity contribution < 1.29 is 22.7 Å². The smallest absolute Gasteiger partial charge is 0.417 e. The Labute approximate surface area is 233 Å². The van der Waals surface area contributed by atoms with E-state index < -0.39 is 23.3 Å². The number of hydrogen-bond acceptors (Lipinski definition) is 7. The first kappa shape index (κ1) is 29.3. The second-order valence-electron chi connectivity index (χ2n) is 10.4. The molecule has 0 unspecified atom stereocenters. The van der Waals surface area contributed by atoms with Gasteiger partial charge in [-0.3, -0.25) is 0 Å². The molecule has 1 aliphatic heterocycles. The fourth-order valence-corrected chi connectivity index (χ4v) is 4.74. The summed E-state index contributed by atoms with van der Waals surface area (Å²) in [4.78, 5) is 20.4. The number of alkyl halides is 3. The summed E-state index contributed by atoms with van der Waals surface area (Å²) in [5.41, 5.74) is 3.59. The van der Waals surface area contributed by atoms with Crippen LogP contribution in [0.2, 0.25) is 0 Å². The minimum absolute atomic E-state index is 0.0729. The van der Waals surface area contributed by atoms with Crippen molar-refractivity contribution in [3.8, 4) is 11.3 Å². The van der Waals surface area contributed by atoms with Gasteiger partial charge in [-0.2, -0.15) is 13.2 Å². The van der Waals surface area contributed by atoms with Crippen molar-refractivity contribution in [3.05, 3.63) is 64.3 Å². The van der Waals surface area contributed by atoms with E-state index in [9.17, 15) is 18.0 Å². The molecule has 0 saturated carbocycles. The highest BCUT2D eigenvalue weighted by molar-refractivity contribution is 5.91. The topological polar surface area (TPSA) is 71.5 Å². The first-order valence-corrected chi connectivity index (χ1v) is 13.7. The Balaban J connectivity index is 1.48. The lowest BCUT2D eigenvalue weighted by Gasteiger charge is -2.37. The van der Waals surface area contributed by atoms with Crippen LogP contribution in [-0.2, 0) is 10.9 Å². The summed E-state index contributed by atoms with van der Waals surface area (Å²) in [6, 6.07) is 9.32. The molecule has 7 nitrogen and oxygen atoms in total. The van der Waals surface area contributed by atoms with Crippen LogP contribution in [0.5, 0.6) is 0 Å². The Morgan fingerprint density at radius 1 is 1.00 bits per heavy atom. The van der Waals surface area contributed by atoms with Crippen molar-refractivity contribution in [1.29, 1.82) is 0 Å². The monoisotopic (exact) mass is 555 g/mol. The van der Waals surface area contributed by atoms with E-state index in [1.54, 1.807) is 4.90 Å². The second kappa shape index (κ2) is 12.2. The predicted octanol–water partition coefficient (Wildman–Crippen LogP) is 6.58. The Hall–Kier alpha value is -3.69. The zero-order valence-electron chi connectivity index (χ0n) is 23.7. The molecule has 0 radical (unpaired) electrons. The zero-order valence-corrected chi connectivity index (χ0v) is 23.7. The molecule has 1 aromatic carbocycles. The molecule has 10 heteroatoms. The van der Waals surface area contributed by atoms with Gasteiger partial charge in [0.1, 0.15) is 5.82 Å². The number of halogens is 3. The Morgan fingerprint density at radius 3 is 2.25 bits per heavy atom. The average Bonchev–Trinajstić information content (AvgIpc) is 2.94. The van der Waals surface area contributed by atoms with Crippen molar-refractivity contribution in [2.45, 2.75) is 59.6 Å². The molecule has 214 valence electrons. The minimum Gasteiger partial charge on any atom is -0.462 e. The first-order chi connectivity index (χ1) is 19.0. The number of nitrogens with zero attached hydrogens (tertiary/aromatic N) is 5. The molecule has 0 atom stereocenters. The van der Waals surface area contributed by atoms with Crippen LogP contribution in [0.3, 0.4) is 0 Å². The van der Waals surface area contributed by atoms with Crippen molar-refractivity contribution in [2.24, 2.45) is 0 Å². The molecule has 0 amide bonds. The molecular formula is C30H36F3N5O2. The summed E-state index contributed by atoms with van der Waals surface area (Å²) in [5.74, 6) is 0.391. The van der Waals surface area contributed by atoms with Crippen LogP contribution < -0.4 is 9.80 Å². The maximum Gasteiger partial charge on any atom is 0.417 e. The molecule has 2 aromatic heterocycles. The van der Waals surface area contributed by atoms with Crippen LogP contribution in [0, 0.1) is 13.8 Å². The number of aromatic nitrogens is 3. The third-order valence-corrected chi connectivity index (χ3v) is 7.40. The van der Waals surface area contributed by atoms with E-state index in [-0.39, 0.29) is 12.4 Å². The Morgan fingerprint density at radius 2 is 1.65 bits per heavy atom. The number of esters is 1. The second-order valence-corrected chi connectivity index (χ2v) is 10.4. The highest BCUT2D eigenvalue weighted by Gasteiger charge is 2.37. The summed E-state index contributed by atoms with van der Waals surface area (Å²) in [6.07, 6.45) is -2.38. The molecule has 0 bridgehead atoms. The van der Waals surface area contributed by atoms with E-state index in [0.29, 0.717) is 38.5 Å². The van der Waals surface area contributed by atoms with Gasteiger partial charge in [0.15, 0.2) is 5.82 Å². The Bertz CT molecular complexity index is 1330. The standard InChI is InChI=1S/C30H36F3N5O2/c1-6-7-16-40-29(39)24-18-34-26(17-25(24)30(31,32)33)37-12-14-38(15-13-37)28-21(5)20(4)27(35-36-28)23-10-8-22(9-11-23)19(2)3/h8-11,17-19H,6-7,12-16H2,1-5H3. The number of anilines is 2. The Kier molecular flexibility index (Phi) is 8.95. The van der Waals surface area contributed by atoms with E-state index in [4.69, 9.17) is 4.74 Å². The minimum atomic E-state index is -4.71. The van der Waals surface area contributed by atoms with Crippen molar-refractivity contribution in [2.75, 3.05) is 42.6 Å². The molecule has 4 rings (SSSR count). The van der Waals surface area contributed by atoms with E-state index in [2.05, 4.69) is 58.2 Å². The summed E-state index contributed by atoms with van der Waals surface area (Å²) in [5, 5.41) is 9.09. The van der Waals surface area contributed by atoms with Gasteiger partial charge in [0.25, 0.3) is 0 Å². The number of benzene rings is 1. The SMILES string of the molecule is CCCCOC(=O)c1cnc(N2CCN(c3nnc(-c4ccc(C(C)C)cc4)c(C)c3C)CC2)cc1C(F)(F)F. The van der Waals surface area contributed by atoms with Gasteiger partial charge in [0.2, 0.25) is 0 Å². The predicted molar refractivity (Wildman–Crippen MR) is 150 cm³/mol. The van der Waals surface area contributed by atoms with Crippen molar-refractivity contribution in [3.63, 3.8) is 0 Å². The van der Waals surface area contributed by atoms with Crippen molar-refractivity contribution >= 4 is 17.6 Å². The largest absolute Gasteiger partial charge is 0.462 e. The average molecular weight is 556 g/mol. The van der Waals surface area contributed by atoms with E-state index in [1.165, 1.54) is 5.56 Å². The number of piperazine rings is 1. The van der Waals surface area contributed by atoms with Gasteiger partial charge in [-0.25, -0.2) is 9.78 Å². The molecule has 0 spiro atoms. The van der Waals surface area contributed by atoms with E-state index in [1.807, 2.05) is 20.8 Å². The lowest BCUT2D eigenvalue weighted by Crippen LogP contribution is -2.47. The molecule has 1 saturated heterocycles. The molecule has 3 aromatic rings. The molecule has 1 fully saturated rings. The van der Waals surface area contributed by atoms with Crippen LogP contribution in [0.1, 0.15) is 72.1 Å². The normalized spacial score (nSPS) is 14.1. The number of hydrogen-bond donors (Lipinski definition) is 0. The third-order valence-electron chi connectivity index (χ3n) is 7.40. The first-order valence-electron chi connectivity index (χ1n) is 13.7. The fourth-order valence-electron chi connectivity index (χ4n) is 4.74. The van der Waals surface area contributed by atoms with Crippen LogP contribution in [0.15, 0.2) is 36.5 Å². The summed E-state index contributed by atoms with van der Waals surface area (Å²) in [6.45, 7) is 12.3. The lowest BCUT2D eigenvalue weighted by molar-refractivity contribution is -0.138. The van der Waals surface area contributed by atoms with Gasteiger partial charge in [0, 0.05) is 37.9 Å². The number of ether oxygens (including phenoxy) is 1. The zero-order chi connectivity index (χ0) is 29.0. The molecular weight excluding hydrogens is 519 g/mol. The maximum absolute atomic E-state index is 13.8. The van der Waals surface area contributed by atoms with Gasteiger partial charge in [0.05, 0.1) is 23.4 Å². The highest BCUT2D eigenvalue weighted by Crippen LogP contribution is 2.35. The molecule has 0 aliphatic carbocycles.